The van der Waals surface area contributed by atoms with Crippen LogP contribution in [0.1, 0.15) is 12.5 Å². The lowest BCUT2D eigenvalue weighted by Crippen LogP contribution is -2.07. The number of carbonyl (C=O) groups is 1. The fraction of sp³-hybridized carbons (Fsp3) is 0.308. The Balaban J connectivity index is 2.40. The van der Waals surface area contributed by atoms with Crippen LogP contribution in [0.15, 0.2) is 28.9 Å². The molecule has 0 aliphatic heterocycles. The van der Waals surface area contributed by atoms with Gasteiger partial charge in [0.25, 0.3) is 0 Å². The van der Waals surface area contributed by atoms with Crippen molar-refractivity contribution in [3.05, 3.63) is 34.4 Å². The molecule has 3 nitrogen and oxygen atoms in total. The first-order valence-electron chi connectivity index (χ1n) is 5.51. The molecular formula is C13H14BrNO2. The Kier molecular flexibility index (Phi) is 3.52. The number of ether oxygens (including phenoxy) is 1. The van der Waals surface area contributed by atoms with Gasteiger partial charge in [-0.3, -0.25) is 4.79 Å². The third kappa shape index (κ3) is 2.52. The zero-order chi connectivity index (χ0) is 12.4. The Morgan fingerprint density at radius 3 is 2.94 bits per heavy atom. The van der Waals surface area contributed by atoms with Crippen LogP contribution in [0.5, 0.6) is 0 Å². The standard InChI is InChI=1S/C13H14BrNO2/c1-3-17-13(16)6-9-8-15(2)12-5-4-10(14)7-11(9)12/h4-5,7-8H,3,6H2,1-2H3. The van der Waals surface area contributed by atoms with Crippen molar-refractivity contribution in [3.63, 3.8) is 0 Å². The molecule has 4 heteroatoms. The first-order chi connectivity index (χ1) is 8.11. The summed E-state index contributed by atoms with van der Waals surface area (Å²) in [5.41, 5.74) is 2.12. The number of nitrogens with zero attached hydrogens (tertiary/aromatic N) is 1. The molecule has 0 bridgehead atoms. The summed E-state index contributed by atoms with van der Waals surface area (Å²) in [5, 5.41) is 1.09. The largest absolute Gasteiger partial charge is 0.466 e. The summed E-state index contributed by atoms with van der Waals surface area (Å²) in [5.74, 6) is -0.181. The molecule has 0 saturated heterocycles. The molecule has 1 aromatic carbocycles. The van der Waals surface area contributed by atoms with E-state index < -0.39 is 0 Å². The molecule has 1 heterocycles. The van der Waals surface area contributed by atoms with Gasteiger partial charge in [-0.15, -0.1) is 0 Å². The van der Waals surface area contributed by atoms with Crippen molar-refractivity contribution < 1.29 is 9.53 Å². The molecule has 0 N–H and O–H groups in total. The van der Waals surface area contributed by atoms with Crippen LogP contribution in [0.3, 0.4) is 0 Å². The third-order valence-corrected chi connectivity index (χ3v) is 3.17. The number of esters is 1. The van der Waals surface area contributed by atoms with E-state index in [-0.39, 0.29) is 5.97 Å². The maximum Gasteiger partial charge on any atom is 0.310 e. The second-order valence-electron chi connectivity index (χ2n) is 3.91. The number of aryl methyl sites for hydroxylation is 1. The number of carbonyl (C=O) groups excluding carboxylic acids is 1. The van der Waals surface area contributed by atoms with Gasteiger partial charge in [0.1, 0.15) is 0 Å². The minimum atomic E-state index is -0.181. The number of hydrogen-bond acceptors (Lipinski definition) is 2. The monoisotopic (exact) mass is 295 g/mol. The van der Waals surface area contributed by atoms with Crippen molar-refractivity contribution in [2.45, 2.75) is 13.3 Å². The van der Waals surface area contributed by atoms with Crippen LogP contribution in [0.2, 0.25) is 0 Å². The van der Waals surface area contributed by atoms with Gasteiger partial charge in [0.15, 0.2) is 0 Å². The van der Waals surface area contributed by atoms with Crippen LogP contribution in [0, 0.1) is 0 Å². The van der Waals surface area contributed by atoms with E-state index in [1.165, 1.54) is 0 Å². The van der Waals surface area contributed by atoms with Gasteiger partial charge in [0, 0.05) is 28.6 Å². The highest BCUT2D eigenvalue weighted by Gasteiger charge is 2.11. The van der Waals surface area contributed by atoms with Crippen molar-refractivity contribution in [2.75, 3.05) is 6.61 Å². The first-order valence-corrected chi connectivity index (χ1v) is 6.30. The summed E-state index contributed by atoms with van der Waals surface area (Å²) in [4.78, 5) is 11.5. The molecule has 90 valence electrons. The molecule has 0 spiro atoms. The molecule has 0 fully saturated rings. The third-order valence-electron chi connectivity index (χ3n) is 2.67. The Labute approximate surface area is 108 Å². The average molecular weight is 296 g/mol. The minimum absolute atomic E-state index is 0.181. The zero-order valence-corrected chi connectivity index (χ0v) is 11.5. The Hall–Kier alpha value is -1.29. The first kappa shape index (κ1) is 12.2. The van der Waals surface area contributed by atoms with Gasteiger partial charge < -0.3 is 9.30 Å². The highest BCUT2D eigenvalue weighted by molar-refractivity contribution is 9.10. The van der Waals surface area contributed by atoms with Crippen molar-refractivity contribution >= 4 is 32.8 Å². The van der Waals surface area contributed by atoms with E-state index >= 15 is 0 Å². The number of halogens is 1. The molecular weight excluding hydrogens is 282 g/mol. The molecule has 2 rings (SSSR count). The second-order valence-corrected chi connectivity index (χ2v) is 4.82. The van der Waals surface area contributed by atoms with Gasteiger partial charge in [0.05, 0.1) is 13.0 Å². The highest BCUT2D eigenvalue weighted by Crippen LogP contribution is 2.25. The Morgan fingerprint density at radius 1 is 1.47 bits per heavy atom. The van der Waals surface area contributed by atoms with Crippen LogP contribution < -0.4 is 0 Å². The highest BCUT2D eigenvalue weighted by atomic mass is 79.9. The van der Waals surface area contributed by atoms with Crippen LogP contribution >= 0.6 is 15.9 Å². The van der Waals surface area contributed by atoms with E-state index in [1.807, 2.05) is 42.9 Å². The van der Waals surface area contributed by atoms with Crippen LogP contribution in [0.25, 0.3) is 10.9 Å². The van der Waals surface area contributed by atoms with Gasteiger partial charge in [-0.2, -0.15) is 0 Å². The topological polar surface area (TPSA) is 31.2 Å². The molecule has 2 aromatic rings. The fourth-order valence-electron chi connectivity index (χ4n) is 1.95. The number of aromatic nitrogens is 1. The molecule has 0 saturated carbocycles. The van der Waals surface area contributed by atoms with Crippen molar-refractivity contribution in [3.8, 4) is 0 Å². The van der Waals surface area contributed by atoms with E-state index in [9.17, 15) is 4.79 Å². The number of hydrogen-bond donors (Lipinski definition) is 0. The molecule has 0 amide bonds. The van der Waals surface area contributed by atoms with Gasteiger partial charge in [-0.05, 0) is 30.7 Å². The Bertz CT molecular complexity index is 560. The molecule has 0 aliphatic rings. The predicted octanol–water partition coefficient (Wildman–Crippen LogP) is 3.05. The SMILES string of the molecule is CCOC(=O)Cc1cn(C)c2ccc(Br)cc12. The number of benzene rings is 1. The molecule has 17 heavy (non-hydrogen) atoms. The van der Waals surface area contributed by atoms with E-state index in [2.05, 4.69) is 15.9 Å². The van der Waals surface area contributed by atoms with Crippen molar-refractivity contribution in [1.29, 1.82) is 0 Å². The Morgan fingerprint density at radius 2 is 2.24 bits per heavy atom. The molecule has 0 unspecified atom stereocenters. The maximum atomic E-state index is 11.5. The molecule has 0 atom stereocenters. The molecule has 1 aromatic heterocycles. The summed E-state index contributed by atoms with van der Waals surface area (Å²) in [7, 11) is 1.98. The van der Waals surface area contributed by atoms with Gasteiger partial charge in [-0.1, -0.05) is 15.9 Å². The number of rotatable bonds is 3. The maximum absolute atomic E-state index is 11.5. The lowest BCUT2D eigenvalue weighted by atomic mass is 10.1. The molecule has 0 radical (unpaired) electrons. The van der Waals surface area contributed by atoms with E-state index in [0.29, 0.717) is 13.0 Å². The normalized spacial score (nSPS) is 10.8. The van der Waals surface area contributed by atoms with Gasteiger partial charge >= 0.3 is 5.97 Å². The minimum Gasteiger partial charge on any atom is -0.466 e. The zero-order valence-electron chi connectivity index (χ0n) is 9.87. The van der Waals surface area contributed by atoms with E-state index in [0.717, 1.165) is 20.9 Å². The van der Waals surface area contributed by atoms with Crippen LogP contribution in [0.4, 0.5) is 0 Å². The lowest BCUT2D eigenvalue weighted by Gasteiger charge is -2.00. The van der Waals surface area contributed by atoms with Crippen LogP contribution in [-0.2, 0) is 23.0 Å². The quantitative estimate of drug-likeness (QED) is 0.815. The van der Waals surface area contributed by atoms with Crippen molar-refractivity contribution in [2.24, 2.45) is 7.05 Å². The lowest BCUT2D eigenvalue weighted by molar-refractivity contribution is -0.142. The van der Waals surface area contributed by atoms with Crippen molar-refractivity contribution in [1.82, 2.24) is 4.57 Å². The number of fused-ring (bicyclic) bond motifs is 1. The summed E-state index contributed by atoms with van der Waals surface area (Å²) < 4.78 is 8.01. The average Bonchev–Trinajstić information content (AvgIpc) is 2.55. The van der Waals surface area contributed by atoms with Gasteiger partial charge in [0.2, 0.25) is 0 Å². The van der Waals surface area contributed by atoms with E-state index in [1.54, 1.807) is 0 Å². The van der Waals surface area contributed by atoms with E-state index in [4.69, 9.17) is 4.74 Å². The van der Waals surface area contributed by atoms with Crippen LogP contribution in [-0.4, -0.2) is 17.1 Å². The predicted molar refractivity (Wildman–Crippen MR) is 71.0 cm³/mol. The second kappa shape index (κ2) is 4.92. The fourth-order valence-corrected chi connectivity index (χ4v) is 2.32. The smallest absolute Gasteiger partial charge is 0.310 e. The summed E-state index contributed by atoms with van der Waals surface area (Å²) in [6, 6.07) is 6.06. The summed E-state index contributed by atoms with van der Waals surface area (Å²) in [6.07, 6.45) is 2.30. The summed E-state index contributed by atoms with van der Waals surface area (Å²) in [6.45, 7) is 2.24. The molecule has 0 aliphatic carbocycles. The summed E-state index contributed by atoms with van der Waals surface area (Å²) >= 11 is 3.45. The van der Waals surface area contributed by atoms with Gasteiger partial charge in [-0.25, -0.2) is 0 Å².